The Kier molecular flexibility index (Phi) is 3.75. The molecule has 0 radical (unpaired) electrons. The summed E-state index contributed by atoms with van der Waals surface area (Å²) in [4.78, 5) is 0. The zero-order valence-corrected chi connectivity index (χ0v) is 9.42. The molecule has 2 N–H and O–H groups in total. The van der Waals surface area contributed by atoms with Crippen molar-refractivity contribution in [1.82, 2.24) is 10.6 Å². The summed E-state index contributed by atoms with van der Waals surface area (Å²) in [7, 11) is 0. The van der Waals surface area contributed by atoms with Crippen molar-refractivity contribution in [2.24, 2.45) is 0 Å². The summed E-state index contributed by atoms with van der Waals surface area (Å²) in [5.41, 5.74) is 2.79. The van der Waals surface area contributed by atoms with Crippen LogP contribution in [-0.2, 0) is 6.42 Å². The van der Waals surface area contributed by atoms with E-state index >= 15 is 0 Å². The summed E-state index contributed by atoms with van der Waals surface area (Å²) in [5, 5.41) is 6.95. The molecule has 1 aromatic rings. The lowest BCUT2D eigenvalue weighted by molar-refractivity contribution is 0.550. The predicted octanol–water partition coefficient (Wildman–Crippen LogP) is 1.49. The van der Waals surface area contributed by atoms with Gasteiger partial charge in [0.05, 0.1) is 0 Å². The first kappa shape index (κ1) is 10.7. The maximum absolute atomic E-state index is 3.59. The van der Waals surface area contributed by atoms with E-state index < -0.39 is 0 Å². The van der Waals surface area contributed by atoms with Crippen molar-refractivity contribution in [3.63, 3.8) is 0 Å². The largest absolute Gasteiger partial charge is 0.315 e. The summed E-state index contributed by atoms with van der Waals surface area (Å²) in [6.07, 6.45) is 2.41. The minimum Gasteiger partial charge on any atom is -0.315 e. The third-order valence-corrected chi connectivity index (χ3v) is 2.99. The summed E-state index contributed by atoms with van der Waals surface area (Å²) in [5.74, 6) is 0. The average molecular weight is 204 g/mol. The maximum Gasteiger partial charge on any atom is 0.0204 e. The molecule has 0 aliphatic carbocycles. The van der Waals surface area contributed by atoms with Crippen molar-refractivity contribution in [1.29, 1.82) is 0 Å². The molecule has 2 rings (SSSR count). The quantitative estimate of drug-likeness (QED) is 0.776. The van der Waals surface area contributed by atoms with Gasteiger partial charge in [-0.1, -0.05) is 29.8 Å². The van der Waals surface area contributed by atoms with E-state index in [0.717, 1.165) is 19.5 Å². The minimum absolute atomic E-state index is 0.690. The molecule has 82 valence electrons. The van der Waals surface area contributed by atoms with Crippen LogP contribution in [0.2, 0.25) is 0 Å². The Labute approximate surface area is 92.1 Å². The second-order valence-corrected chi connectivity index (χ2v) is 4.38. The standard InChI is InChI=1S/C13H20N2/c1-11-3-2-4-12(9-11)5-8-15-13-6-7-14-10-13/h2-4,9,13-15H,5-8,10H2,1H3. The van der Waals surface area contributed by atoms with Gasteiger partial charge < -0.3 is 10.6 Å². The van der Waals surface area contributed by atoms with Gasteiger partial charge in [0, 0.05) is 12.6 Å². The number of benzene rings is 1. The third-order valence-electron chi connectivity index (χ3n) is 2.99. The van der Waals surface area contributed by atoms with E-state index in [9.17, 15) is 0 Å². The molecule has 0 saturated carbocycles. The van der Waals surface area contributed by atoms with Crippen molar-refractivity contribution >= 4 is 0 Å². The van der Waals surface area contributed by atoms with Crippen LogP contribution in [0.3, 0.4) is 0 Å². The van der Waals surface area contributed by atoms with Crippen LogP contribution in [0.1, 0.15) is 17.5 Å². The molecule has 1 aliphatic heterocycles. The van der Waals surface area contributed by atoms with E-state index in [2.05, 4.69) is 41.8 Å². The first-order chi connectivity index (χ1) is 7.34. The molecule has 0 aromatic heterocycles. The zero-order chi connectivity index (χ0) is 10.5. The molecule has 1 saturated heterocycles. The van der Waals surface area contributed by atoms with Crippen LogP contribution in [-0.4, -0.2) is 25.7 Å². The highest BCUT2D eigenvalue weighted by Gasteiger charge is 2.12. The molecular formula is C13H20N2. The lowest BCUT2D eigenvalue weighted by atomic mass is 10.1. The van der Waals surface area contributed by atoms with E-state index in [1.165, 1.54) is 24.1 Å². The molecule has 15 heavy (non-hydrogen) atoms. The molecule has 1 unspecified atom stereocenters. The molecule has 0 bridgehead atoms. The van der Waals surface area contributed by atoms with E-state index in [4.69, 9.17) is 0 Å². The molecule has 1 aromatic carbocycles. The molecule has 2 nitrogen and oxygen atoms in total. The highest BCUT2D eigenvalue weighted by molar-refractivity contribution is 5.22. The van der Waals surface area contributed by atoms with Gasteiger partial charge in [-0.15, -0.1) is 0 Å². The summed E-state index contributed by atoms with van der Waals surface area (Å²) < 4.78 is 0. The molecular weight excluding hydrogens is 184 g/mol. The summed E-state index contributed by atoms with van der Waals surface area (Å²) in [6, 6.07) is 9.46. The molecule has 0 spiro atoms. The van der Waals surface area contributed by atoms with Crippen molar-refractivity contribution in [3.8, 4) is 0 Å². The smallest absolute Gasteiger partial charge is 0.0204 e. The van der Waals surface area contributed by atoms with Crippen LogP contribution < -0.4 is 10.6 Å². The Bertz CT molecular complexity index is 303. The van der Waals surface area contributed by atoms with E-state index in [1.54, 1.807) is 0 Å². The Morgan fingerprint density at radius 3 is 3.13 bits per heavy atom. The number of hydrogen-bond acceptors (Lipinski definition) is 2. The molecule has 1 fully saturated rings. The van der Waals surface area contributed by atoms with Gasteiger partial charge in [-0.25, -0.2) is 0 Å². The fourth-order valence-electron chi connectivity index (χ4n) is 2.12. The summed E-state index contributed by atoms with van der Waals surface area (Å²) in [6.45, 7) is 5.55. The van der Waals surface area contributed by atoms with Crippen molar-refractivity contribution in [2.45, 2.75) is 25.8 Å². The van der Waals surface area contributed by atoms with E-state index in [1.807, 2.05) is 0 Å². The van der Waals surface area contributed by atoms with E-state index in [0.29, 0.717) is 6.04 Å². The predicted molar refractivity (Wildman–Crippen MR) is 64.2 cm³/mol. The lowest BCUT2D eigenvalue weighted by Gasteiger charge is -2.10. The average Bonchev–Trinajstić information content (AvgIpc) is 2.71. The highest BCUT2D eigenvalue weighted by atomic mass is 15.0. The molecule has 1 heterocycles. The van der Waals surface area contributed by atoms with Crippen LogP contribution in [0.25, 0.3) is 0 Å². The van der Waals surface area contributed by atoms with Gasteiger partial charge in [0.25, 0.3) is 0 Å². The number of aryl methyl sites for hydroxylation is 1. The maximum atomic E-state index is 3.59. The van der Waals surface area contributed by atoms with Gasteiger partial charge >= 0.3 is 0 Å². The molecule has 2 heteroatoms. The Morgan fingerprint density at radius 2 is 2.40 bits per heavy atom. The first-order valence-electron chi connectivity index (χ1n) is 5.84. The normalized spacial score (nSPS) is 20.7. The Hall–Kier alpha value is -0.860. The van der Waals surface area contributed by atoms with E-state index in [-0.39, 0.29) is 0 Å². The van der Waals surface area contributed by atoms with Gasteiger partial charge in [-0.3, -0.25) is 0 Å². The first-order valence-corrected chi connectivity index (χ1v) is 5.84. The summed E-state index contributed by atoms with van der Waals surface area (Å²) >= 11 is 0. The molecule has 1 aliphatic rings. The fraction of sp³-hybridized carbons (Fsp3) is 0.538. The second-order valence-electron chi connectivity index (χ2n) is 4.38. The van der Waals surface area contributed by atoms with Crippen molar-refractivity contribution in [2.75, 3.05) is 19.6 Å². The third kappa shape index (κ3) is 3.33. The molecule has 1 atom stereocenters. The van der Waals surface area contributed by atoms with Gasteiger partial charge in [0.1, 0.15) is 0 Å². The second kappa shape index (κ2) is 5.29. The topological polar surface area (TPSA) is 24.1 Å². The number of rotatable bonds is 4. The monoisotopic (exact) mass is 204 g/mol. The van der Waals surface area contributed by atoms with Crippen LogP contribution in [0.15, 0.2) is 24.3 Å². The zero-order valence-electron chi connectivity index (χ0n) is 9.42. The highest BCUT2D eigenvalue weighted by Crippen LogP contribution is 2.04. The van der Waals surface area contributed by atoms with Crippen molar-refractivity contribution < 1.29 is 0 Å². The fourth-order valence-corrected chi connectivity index (χ4v) is 2.12. The van der Waals surface area contributed by atoms with Crippen molar-refractivity contribution in [3.05, 3.63) is 35.4 Å². The van der Waals surface area contributed by atoms with Crippen LogP contribution in [0, 0.1) is 6.92 Å². The number of hydrogen-bond donors (Lipinski definition) is 2. The van der Waals surface area contributed by atoms with Crippen LogP contribution in [0.4, 0.5) is 0 Å². The van der Waals surface area contributed by atoms with Gasteiger partial charge in [0.2, 0.25) is 0 Å². The van der Waals surface area contributed by atoms with Gasteiger partial charge in [-0.2, -0.15) is 0 Å². The Morgan fingerprint density at radius 1 is 1.47 bits per heavy atom. The SMILES string of the molecule is Cc1cccc(CCNC2CCNC2)c1. The Balaban J connectivity index is 1.73. The van der Waals surface area contributed by atoms with Crippen LogP contribution >= 0.6 is 0 Å². The van der Waals surface area contributed by atoms with Crippen LogP contribution in [0.5, 0.6) is 0 Å². The van der Waals surface area contributed by atoms with Gasteiger partial charge in [0.15, 0.2) is 0 Å². The van der Waals surface area contributed by atoms with Gasteiger partial charge in [-0.05, 0) is 38.4 Å². The number of nitrogens with one attached hydrogen (secondary N) is 2. The minimum atomic E-state index is 0.690. The lowest BCUT2D eigenvalue weighted by Crippen LogP contribution is -2.32. The molecule has 0 amide bonds.